The van der Waals surface area contributed by atoms with Gasteiger partial charge >= 0.3 is 6.09 Å². The van der Waals surface area contributed by atoms with Crippen LogP contribution in [0, 0.1) is 0 Å². The molecular formula is C15H21NO3. The van der Waals surface area contributed by atoms with Gasteiger partial charge in [0, 0.05) is 0 Å². The molecule has 0 radical (unpaired) electrons. The van der Waals surface area contributed by atoms with E-state index in [1.165, 1.54) is 0 Å². The van der Waals surface area contributed by atoms with Gasteiger partial charge in [0.05, 0.1) is 13.2 Å². The zero-order valence-electron chi connectivity index (χ0n) is 11.9. The Bertz CT molecular complexity index is 432. The summed E-state index contributed by atoms with van der Waals surface area (Å²) in [6.45, 7) is 9.19. The number of ether oxygens (including phenoxy) is 2. The van der Waals surface area contributed by atoms with Crippen LogP contribution in [0.1, 0.15) is 32.4 Å². The van der Waals surface area contributed by atoms with E-state index in [1.807, 2.05) is 45.0 Å². The monoisotopic (exact) mass is 263 g/mol. The first-order valence-corrected chi connectivity index (χ1v) is 6.12. The van der Waals surface area contributed by atoms with Crippen molar-refractivity contribution in [3.05, 3.63) is 42.5 Å². The lowest BCUT2D eigenvalue weighted by Crippen LogP contribution is -2.34. The molecule has 0 aromatic heterocycles. The van der Waals surface area contributed by atoms with Crippen LogP contribution in [0.15, 0.2) is 36.9 Å². The Kier molecular flexibility index (Phi) is 4.98. The predicted molar refractivity (Wildman–Crippen MR) is 75.3 cm³/mol. The van der Waals surface area contributed by atoms with E-state index >= 15 is 0 Å². The first-order valence-electron chi connectivity index (χ1n) is 6.12. The van der Waals surface area contributed by atoms with Crippen LogP contribution < -0.4 is 10.1 Å². The number of amides is 1. The normalized spacial score (nSPS) is 12.4. The minimum Gasteiger partial charge on any atom is -0.497 e. The molecule has 0 fully saturated rings. The van der Waals surface area contributed by atoms with Gasteiger partial charge in [-0.3, -0.25) is 0 Å². The number of nitrogens with one attached hydrogen (secondary N) is 1. The van der Waals surface area contributed by atoms with Crippen molar-refractivity contribution in [1.29, 1.82) is 0 Å². The first kappa shape index (κ1) is 15.1. The second kappa shape index (κ2) is 6.27. The summed E-state index contributed by atoms with van der Waals surface area (Å²) in [6.07, 6.45) is 1.19. The summed E-state index contributed by atoms with van der Waals surface area (Å²) in [4.78, 5) is 11.7. The van der Waals surface area contributed by atoms with Crippen LogP contribution in [-0.2, 0) is 4.74 Å². The summed E-state index contributed by atoms with van der Waals surface area (Å²) in [5.41, 5.74) is 0.400. The minimum atomic E-state index is -0.518. The Labute approximate surface area is 114 Å². The van der Waals surface area contributed by atoms with Gasteiger partial charge < -0.3 is 14.8 Å². The smallest absolute Gasteiger partial charge is 0.408 e. The van der Waals surface area contributed by atoms with Crippen molar-refractivity contribution < 1.29 is 14.3 Å². The van der Waals surface area contributed by atoms with Crippen LogP contribution in [0.2, 0.25) is 0 Å². The summed E-state index contributed by atoms with van der Waals surface area (Å²) < 4.78 is 10.3. The third-order valence-corrected chi connectivity index (χ3v) is 2.38. The molecule has 0 saturated carbocycles. The summed E-state index contributed by atoms with van der Waals surface area (Å²) in [5, 5.41) is 2.76. The lowest BCUT2D eigenvalue weighted by Gasteiger charge is -2.22. The third-order valence-electron chi connectivity index (χ3n) is 2.38. The zero-order valence-corrected chi connectivity index (χ0v) is 11.9. The lowest BCUT2D eigenvalue weighted by atomic mass is 10.1. The molecule has 0 aliphatic carbocycles. The fraction of sp³-hybridized carbons (Fsp3) is 0.400. The van der Waals surface area contributed by atoms with E-state index in [2.05, 4.69) is 11.9 Å². The summed E-state index contributed by atoms with van der Waals surface area (Å²) >= 11 is 0. The number of hydrogen-bond donors (Lipinski definition) is 1. The molecule has 1 atom stereocenters. The van der Waals surface area contributed by atoms with Gasteiger partial charge in [-0.25, -0.2) is 4.79 Å². The van der Waals surface area contributed by atoms with Crippen molar-refractivity contribution in [3.63, 3.8) is 0 Å². The molecule has 0 aliphatic rings. The van der Waals surface area contributed by atoms with Gasteiger partial charge in [-0.05, 0) is 38.5 Å². The van der Waals surface area contributed by atoms with Gasteiger partial charge in [0.15, 0.2) is 0 Å². The molecule has 1 rings (SSSR count). The molecule has 104 valence electrons. The zero-order chi connectivity index (χ0) is 14.5. The van der Waals surface area contributed by atoms with E-state index in [9.17, 15) is 4.79 Å². The number of benzene rings is 1. The van der Waals surface area contributed by atoms with Crippen molar-refractivity contribution in [3.8, 4) is 5.75 Å². The highest BCUT2D eigenvalue weighted by molar-refractivity contribution is 5.68. The van der Waals surface area contributed by atoms with Gasteiger partial charge in [-0.15, -0.1) is 6.58 Å². The molecule has 1 aromatic carbocycles. The Hall–Kier alpha value is -1.97. The van der Waals surface area contributed by atoms with Gasteiger partial charge in [0.2, 0.25) is 0 Å². The topological polar surface area (TPSA) is 47.6 Å². The van der Waals surface area contributed by atoms with Crippen LogP contribution in [0.25, 0.3) is 0 Å². The molecule has 1 aromatic rings. The molecule has 19 heavy (non-hydrogen) atoms. The van der Waals surface area contributed by atoms with E-state index in [0.29, 0.717) is 0 Å². The highest BCUT2D eigenvalue weighted by Crippen LogP contribution is 2.19. The second-order valence-electron chi connectivity index (χ2n) is 5.13. The standard InChI is InChI=1S/C15H21NO3/c1-6-13(16-14(17)19-15(2,3)4)11-7-9-12(18-5)10-8-11/h6-10,13H,1H2,2-5H3,(H,16,17). The number of rotatable bonds is 4. The number of hydrogen-bond acceptors (Lipinski definition) is 3. The Morgan fingerprint density at radius 1 is 1.32 bits per heavy atom. The van der Waals surface area contributed by atoms with E-state index < -0.39 is 11.7 Å². The number of methoxy groups -OCH3 is 1. The molecule has 4 heteroatoms. The maximum Gasteiger partial charge on any atom is 0.408 e. The second-order valence-corrected chi connectivity index (χ2v) is 5.13. The number of carbonyl (C=O) groups excluding carboxylic acids is 1. The quantitative estimate of drug-likeness (QED) is 0.846. The SMILES string of the molecule is C=CC(NC(=O)OC(C)(C)C)c1ccc(OC)cc1. The average molecular weight is 263 g/mol. The van der Waals surface area contributed by atoms with E-state index in [4.69, 9.17) is 9.47 Å². The van der Waals surface area contributed by atoms with Crippen molar-refractivity contribution in [1.82, 2.24) is 5.32 Å². The highest BCUT2D eigenvalue weighted by atomic mass is 16.6. The van der Waals surface area contributed by atoms with Gasteiger partial charge in [-0.1, -0.05) is 18.2 Å². The van der Waals surface area contributed by atoms with Gasteiger partial charge in [0.25, 0.3) is 0 Å². The molecule has 1 amide bonds. The molecule has 0 heterocycles. The lowest BCUT2D eigenvalue weighted by molar-refractivity contribution is 0.0514. The minimum absolute atomic E-state index is 0.291. The first-order chi connectivity index (χ1) is 8.85. The maximum atomic E-state index is 11.7. The fourth-order valence-corrected chi connectivity index (χ4v) is 1.52. The van der Waals surface area contributed by atoms with Crippen LogP contribution in [0.3, 0.4) is 0 Å². The molecule has 0 spiro atoms. The van der Waals surface area contributed by atoms with Crippen LogP contribution in [0.4, 0.5) is 4.79 Å². The fourth-order valence-electron chi connectivity index (χ4n) is 1.52. The van der Waals surface area contributed by atoms with Crippen molar-refractivity contribution >= 4 is 6.09 Å². The van der Waals surface area contributed by atoms with Crippen LogP contribution >= 0.6 is 0 Å². The maximum absolute atomic E-state index is 11.7. The third kappa shape index (κ3) is 5.04. The molecule has 4 nitrogen and oxygen atoms in total. The Morgan fingerprint density at radius 2 is 1.89 bits per heavy atom. The van der Waals surface area contributed by atoms with Crippen molar-refractivity contribution in [2.75, 3.05) is 7.11 Å². The number of carbonyl (C=O) groups is 1. The molecule has 0 saturated heterocycles. The Morgan fingerprint density at radius 3 is 2.32 bits per heavy atom. The molecule has 1 unspecified atom stereocenters. The predicted octanol–water partition coefficient (Wildman–Crippen LogP) is 3.45. The molecule has 0 bridgehead atoms. The summed E-state index contributed by atoms with van der Waals surface area (Å²) in [6, 6.07) is 7.14. The highest BCUT2D eigenvalue weighted by Gasteiger charge is 2.18. The van der Waals surface area contributed by atoms with Crippen LogP contribution in [-0.4, -0.2) is 18.8 Å². The molecule has 0 aliphatic heterocycles. The van der Waals surface area contributed by atoms with Crippen molar-refractivity contribution in [2.45, 2.75) is 32.4 Å². The van der Waals surface area contributed by atoms with E-state index in [-0.39, 0.29) is 6.04 Å². The van der Waals surface area contributed by atoms with Gasteiger partial charge in [0.1, 0.15) is 11.4 Å². The largest absolute Gasteiger partial charge is 0.497 e. The number of alkyl carbamates (subject to hydrolysis) is 1. The summed E-state index contributed by atoms with van der Waals surface area (Å²) in [7, 11) is 1.61. The van der Waals surface area contributed by atoms with Gasteiger partial charge in [-0.2, -0.15) is 0 Å². The molecule has 1 N–H and O–H groups in total. The van der Waals surface area contributed by atoms with E-state index in [0.717, 1.165) is 11.3 Å². The van der Waals surface area contributed by atoms with E-state index in [1.54, 1.807) is 13.2 Å². The summed E-state index contributed by atoms with van der Waals surface area (Å²) in [5.74, 6) is 0.767. The molecular weight excluding hydrogens is 242 g/mol. The Balaban J connectivity index is 2.72. The van der Waals surface area contributed by atoms with Crippen molar-refractivity contribution in [2.24, 2.45) is 0 Å². The van der Waals surface area contributed by atoms with Crippen LogP contribution in [0.5, 0.6) is 5.75 Å². The average Bonchev–Trinajstić information content (AvgIpc) is 2.34.